The van der Waals surface area contributed by atoms with E-state index in [4.69, 9.17) is 16.7 Å². The van der Waals surface area contributed by atoms with Crippen molar-refractivity contribution in [2.24, 2.45) is 5.92 Å². The number of carbonyl (C=O) groups excluding carboxylic acids is 1. The number of carboxylic acids is 1. The van der Waals surface area contributed by atoms with Crippen LogP contribution in [-0.4, -0.2) is 23.0 Å². The van der Waals surface area contributed by atoms with Gasteiger partial charge in [-0.05, 0) is 18.1 Å². The van der Waals surface area contributed by atoms with Crippen molar-refractivity contribution in [1.29, 1.82) is 0 Å². The summed E-state index contributed by atoms with van der Waals surface area (Å²) in [7, 11) is 0. The SMILES string of the molecule is CCC(C)C(NC(=O)c1ccc(Cl)s1)C(=O)O. The summed E-state index contributed by atoms with van der Waals surface area (Å²) >= 11 is 6.84. The van der Waals surface area contributed by atoms with E-state index in [2.05, 4.69) is 5.32 Å². The summed E-state index contributed by atoms with van der Waals surface area (Å²) in [6, 6.07) is 2.33. The minimum atomic E-state index is -1.02. The van der Waals surface area contributed by atoms with E-state index < -0.39 is 17.9 Å². The second kappa shape index (κ2) is 6.02. The summed E-state index contributed by atoms with van der Waals surface area (Å²) in [5.41, 5.74) is 0. The van der Waals surface area contributed by atoms with Crippen LogP contribution >= 0.6 is 22.9 Å². The Bertz CT molecular complexity index is 419. The van der Waals surface area contributed by atoms with Crippen LogP contribution in [0.25, 0.3) is 0 Å². The second-order valence-corrected chi connectivity index (χ2v) is 5.49. The van der Waals surface area contributed by atoms with Gasteiger partial charge in [-0.15, -0.1) is 11.3 Å². The van der Waals surface area contributed by atoms with Crippen LogP contribution in [0.4, 0.5) is 0 Å². The van der Waals surface area contributed by atoms with Crippen molar-refractivity contribution in [1.82, 2.24) is 5.32 Å². The first kappa shape index (κ1) is 14.0. The van der Waals surface area contributed by atoms with Crippen LogP contribution in [0.3, 0.4) is 0 Å². The van der Waals surface area contributed by atoms with E-state index in [9.17, 15) is 9.59 Å². The van der Waals surface area contributed by atoms with E-state index in [0.29, 0.717) is 15.6 Å². The number of thiophene rings is 1. The lowest BCUT2D eigenvalue weighted by Gasteiger charge is -2.19. The highest BCUT2D eigenvalue weighted by Gasteiger charge is 2.26. The second-order valence-electron chi connectivity index (χ2n) is 3.78. The zero-order chi connectivity index (χ0) is 13.0. The predicted molar refractivity (Wildman–Crippen MR) is 67.7 cm³/mol. The lowest BCUT2D eigenvalue weighted by molar-refractivity contribution is -0.140. The molecule has 0 radical (unpaired) electrons. The van der Waals surface area contributed by atoms with Crippen LogP contribution in [0.2, 0.25) is 4.34 Å². The van der Waals surface area contributed by atoms with E-state index in [-0.39, 0.29) is 5.92 Å². The van der Waals surface area contributed by atoms with Gasteiger partial charge in [0.15, 0.2) is 0 Å². The highest BCUT2D eigenvalue weighted by Crippen LogP contribution is 2.21. The van der Waals surface area contributed by atoms with Gasteiger partial charge in [0, 0.05) is 0 Å². The zero-order valence-corrected chi connectivity index (χ0v) is 11.1. The Hall–Kier alpha value is -1.07. The highest BCUT2D eigenvalue weighted by molar-refractivity contribution is 7.18. The fourth-order valence-electron chi connectivity index (χ4n) is 1.33. The number of carboxylic acid groups (broad SMARTS) is 1. The molecule has 1 aromatic heterocycles. The molecular weight excluding hydrogens is 262 g/mol. The molecule has 1 rings (SSSR count). The van der Waals surface area contributed by atoms with Gasteiger partial charge in [-0.2, -0.15) is 0 Å². The Morgan fingerprint density at radius 2 is 2.18 bits per heavy atom. The largest absolute Gasteiger partial charge is 0.480 e. The van der Waals surface area contributed by atoms with Crippen molar-refractivity contribution in [3.05, 3.63) is 21.3 Å². The molecule has 1 amide bonds. The van der Waals surface area contributed by atoms with Crippen LogP contribution in [0, 0.1) is 5.92 Å². The smallest absolute Gasteiger partial charge is 0.326 e. The Morgan fingerprint density at radius 3 is 2.59 bits per heavy atom. The highest BCUT2D eigenvalue weighted by atomic mass is 35.5. The minimum Gasteiger partial charge on any atom is -0.480 e. The number of amides is 1. The molecule has 0 aromatic carbocycles. The van der Waals surface area contributed by atoms with Gasteiger partial charge in [-0.1, -0.05) is 31.9 Å². The third kappa shape index (κ3) is 3.71. The van der Waals surface area contributed by atoms with Crippen molar-refractivity contribution >= 4 is 34.8 Å². The van der Waals surface area contributed by atoms with Crippen LogP contribution in [0.5, 0.6) is 0 Å². The maximum Gasteiger partial charge on any atom is 0.326 e. The Kier molecular flexibility index (Phi) is 4.96. The van der Waals surface area contributed by atoms with E-state index >= 15 is 0 Å². The van der Waals surface area contributed by atoms with E-state index in [1.807, 2.05) is 6.92 Å². The molecule has 0 saturated heterocycles. The molecule has 1 heterocycles. The average molecular weight is 276 g/mol. The molecule has 6 heteroatoms. The van der Waals surface area contributed by atoms with Crippen molar-refractivity contribution in [2.45, 2.75) is 26.3 Å². The monoisotopic (exact) mass is 275 g/mol. The van der Waals surface area contributed by atoms with Gasteiger partial charge in [0.05, 0.1) is 9.21 Å². The van der Waals surface area contributed by atoms with Gasteiger partial charge >= 0.3 is 5.97 Å². The fraction of sp³-hybridized carbons (Fsp3) is 0.455. The molecule has 94 valence electrons. The lowest BCUT2D eigenvalue weighted by atomic mass is 9.99. The number of aliphatic carboxylic acids is 1. The Balaban J connectivity index is 2.74. The summed E-state index contributed by atoms with van der Waals surface area (Å²) in [5, 5.41) is 11.5. The molecule has 0 spiro atoms. The molecule has 4 nitrogen and oxygen atoms in total. The summed E-state index contributed by atoms with van der Waals surface area (Å²) in [4.78, 5) is 23.2. The van der Waals surface area contributed by atoms with Gasteiger partial charge in [0.2, 0.25) is 0 Å². The molecule has 0 bridgehead atoms. The quantitative estimate of drug-likeness (QED) is 0.868. The third-order valence-corrected chi connectivity index (χ3v) is 3.79. The maximum atomic E-state index is 11.8. The van der Waals surface area contributed by atoms with Crippen molar-refractivity contribution < 1.29 is 14.7 Å². The summed E-state index contributed by atoms with van der Waals surface area (Å²) in [6.07, 6.45) is 0.683. The molecule has 0 aliphatic heterocycles. The number of rotatable bonds is 5. The number of carbonyl (C=O) groups is 2. The fourth-order valence-corrected chi connectivity index (χ4v) is 2.28. The molecule has 17 heavy (non-hydrogen) atoms. The molecule has 0 aliphatic rings. The standard InChI is InChI=1S/C11H14ClNO3S/c1-3-6(2)9(11(15)16)13-10(14)7-4-5-8(12)17-7/h4-6,9H,3H2,1-2H3,(H,13,14)(H,15,16). The molecule has 2 unspecified atom stereocenters. The minimum absolute atomic E-state index is 0.119. The Morgan fingerprint density at radius 1 is 1.53 bits per heavy atom. The first-order valence-electron chi connectivity index (χ1n) is 5.24. The molecular formula is C11H14ClNO3S. The molecule has 2 atom stereocenters. The number of hydrogen-bond donors (Lipinski definition) is 2. The molecule has 1 aromatic rings. The summed E-state index contributed by atoms with van der Waals surface area (Å²) in [6.45, 7) is 3.68. The molecule has 0 fully saturated rings. The lowest BCUT2D eigenvalue weighted by Crippen LogP contribution is -2.44. The van der Waals surface area contributed by atoms with Crippen LogP contribution in [-0.2, 0) is 4.79 Å². The summed E-state index contributed by atoms with van der Waals surface area (Å²) < 4.78 is 0.505. The van der Waals surface area contributed by atoms with Crippen LogP contribution in [0.1, 0.15) is 29.9 Å². The van der Waals surface area contributed by atoms with Crippen molar-refractivity contribution in [2.75, 3.05) is 0 Å². The normalized spacial score (nSPS) is 14.1. The van der Waals surface area contributed by atoms with E-state index in [1.54, 1.807) is 19.1 Å². The third-order valence-electron chi connectivity index (χ3n) is 2.56. The van der Waals surface area contributed by atoms with E-state index in [0.717, 1.165) is 11.3 Å². The predicted octanol–water partition coefficient (Wildman–Crippen LogP) is 2.63. The molecule has 2 N–H and O–H groups in total. The molecule has 0 aliphatic carbocycles. The maximum absolute atomic E-state index is 11.8. The van der Waals surface area contributed by atoms with Gasteiger partial charge < -0.3 is 10.4 Å². The van der Waals surface area contributed by atoms with Gasteiger partial charge in [-0.25, -0.2) is 4.79 Å². The zero-order valence-electron chi connectivity index (χ0n) is 9.57. The summed E-state index contributed by atoms with van der Waals surface area (Å²) in [5.74, 6) is -1.53. The Labute approximate surface area is 109 Å². The topological polar surface area (TPSA) is 66.4 Å². The first-order valence-corrected chi connectivity index (χ1v) is 6.44. The van der Waals surface area contributed by atoms with Crippen LogP contribution in [0.15, 0.2) is 12.1 Å². The number of nitrogens with one attached hydrogen (secondary N) is 1. The number of halogens is 1. The van der Waals surface area contributed by atoms with Gasteiger partial charge in [-0.3, -0.25) is 4.79 Å². The van der Waals surface area contributed by atoms with Crippen LogP contribution < -0.4 is 5.32 Å². The van der Waals surface area contributed by atoms with Crippen molar-refractivity contribution in [3.63, 3.8) is 0 Å². The van der Waals surface area contributed by atoms with Gasteiger partial charge in [0.25, 0.3) is 5.91 Å². The number of hydrogen-bond acceptors (Lipinski definition) is 3. The van der Waals surface area contributed by atoms with Crippen molar-refractivity contribution in [3.8, 4) is 0 Å². The van der Waals surface area contributed by atoms with E-state index in [1.165, 1.54) is 0 Å². The first-order chi connectivity index (χ1) is 7.95. The molecule has 0 saturated carbocycles. The average Bonchev–Trinajstić information content (AvgIpc) is 2.71. The van der Waals surface area contributed by atoms with Gasteiger partial charge in [0.1, 0.15) is 6.04 Å².